The monoisotopic (exact) mass is 1220 g/mol. The second kappa shape index (κ2) is 28.1. The molecule has 4 saturated heterocycles. The standard InChI is InChI=1S/C64H99N9O14/c1-16-49-64(10,80)54(75)40(6)72(14)35-36(2)31-62(8,79)56(38(4)53(39(5)60(78)85-49)86-50-32-63(9,81-15)55(76)41(7)83-50)87-61-52(47(74)29-37(3)82-61)70(12)25-17-18-26-71(13)59(77)42(33-65)30-44-19-20-48(84-44)58-68-46-34-67-57-45(21-24-66-57)51(46)73(58)43-22-27-69(11)28-23-43/h19-21,24,30,34,36-41,43,47,49-50,52-56,61,74-76,79-80H,16-18,22-23,25-29,31-32,35H2,1-15H3,(H,66,67)/t36-,37-,38+,39-,40-,41+,47-,49-,50+,52+,53+,54-,55+,56-,61+,62-,63-,64-/m1/s1. The Morgan fingerprint density at radius 2 is 1.67 bits per heavy atom. The van der Waals surface area contributed by atoms with Crippen LogP contribution < -0.4 is 0 Å². The van der Waals surface area contributed by atoms with Crippen molar-refractivity contribution in [1.29, 1.82) is 5.26 Å². The molecule has 484 valence electrons. The van der Waals surface area contributed by atoms with E-state index in [0.717, 1.165) is 48.0 Å². The van der Waals surface area contributed by atoms with Crippen LogP contribution in [-0.4, -0.2) is 235 Å². The number of esters is 1. The minimum atomic E-state index is -1.86. The average molecular weight is 1220 g/mol. The molecule has 8 heterocycles. The number of likely N-dealkylation sites (N-methyl/N-ethyl adjacent to an activating group) is 3. The molecule has 4 fully saturated rings. The number of pyridine rings is 1. The number of imidazole rings is 1. The smallest absolute Gasteiger partial charge is 0.311 e. The SMILES string of the molecule is CC[C@H]1OC(=O)[C@H](C)[C@@H](O[C@H]2C[C@@](C)(OC)[C@@H](O)[C@H](C)O2)[C@H](C)[C@@H](O[C@@H]2O[C@H](C)C[C@@H](O)[C@@H]2N(C)CCCCN(C)C(=O)C(C#N)=Cc2ccc(-c3nc4cnc5[nH]ccc5c4n3C3CCN(C)CC3)o2)[C@](C)(O)C[C@@H](C)CN(C)[C@H](C)[C@@H](O)[C@]1(C)O. The lowest BCUT2D eigenvalue weighted by Gasteiger charge is -2.49. The summed E-state index contributed by atoms with van der Waals surface area (Å²) >= 11 is 0. The molecule has 0 unspecified atom stereocenters. The number of cyclic esters (lactones) is 1. The lowest BCUT2D eigenvalue weighted by Crippen LogP contribution is -2.61. The van der Waals surface area contributed by atoms with Gasteiger partial charge in [-0.3, -0.25) is 14.5 Å². The van der Waals surface area contributed by atoms with Crippen molar-refractivity contribution < 1.29 is 68.0 Å². The molecular weight excluding hydrogens is 1120 g/mol. The number of unbranched alkanes of at least 4 members (excludes halogenated alkanes) is 1. The van der Waals surface area contributed by atoms with E-state index in [1.54, 1.807) is 60.9 Å². The van der Waals surface area contributed by atoms with E-state index in [9.17, 15) is 40.4 Å². The second-order valence-electron chi connectivity index (χ2n) is 26.6. The van der Waals surface area contributed by atoms with Gasteiger partial charge in [-0.25, -0.2) is 9.97 Å². The highest BCUT2D eigenvalue weighted by Crippen LogP contribution is 2.42. The van der Waals surface area contributed by atoms with Gasteiger partial charge in [-0.1, -0.05) is 20.8 Å². The largest absolute Gasteiger partial charge is 0.459 e. The number of likely N-dealkylation sites (tertiary alicyclic amines) is 1. The summed E-state index contributed by atoms with van der Waals surface area (Å²) in [7, 11) is 8.98. The van der Waals surface area contributed by atoms with Crippen LogP contribution in [0, 0.1) is 29.1 Å². The Bertz CT molecular complexity index is 3020. The summed E-state index contributed by atoms with van der Waals surface area (Å²) in [5, 5.41) is 71.2. The quantitative estimate of drug-likeness (QED) is 0.0331. The molecule has 87 heavy (non-hydrogen) atoms. The van der Waals surface area contributed by atoms with Crippen LogP contribution in [0.4, 0.5) is 0 Å². The number of H-pyrrole nitrogens is 1. The number of hydrogen-bond donors (Lipinski definition) is 6. The minimum Gasteiger partial charge on any atom is -0.459 e. The number of piperidine rings is 1. The number of ether oxygens (including phenoxy) is 6. The first-order valence-electron chi connectivity index (χ1n) is 31.3. The summed E-state index contributed by atoms with van der Waals surface area (Å²) in [5.41, 5.74) is -2.20. The third-order valence-electron chi connectivity index (χ3n) is 19.4. The Morgan fingerprint density at radius 3 is 2.34 bits per heavy atom. The number of nitrogens with zero attached hydrogens (tertiary/aromatic N) is 8. The third kappa shape index (κ3) is 14.8. The van der Waals surface area contributed by atoms with E-state index in [0.29, 0.717) is 56.2 Å². The van der Waals surface area contributed by atoms with Crippen molar-refractivity contribution >= 4 is 40.0 Å². The Balaban J connectivity index is 0.997. The van der Waals surface area contributed by atoms with Crippen molar-refractivity contribution in [2.75, 3.05) is 68.0 Å². The number of hydrogen-bond acceptors (Lipinski definition) is 20. The molecule has 18 atom stereocenters. The van der Waals surface area contributed by atoms with Gasteiger partial charge in [-0.05, 0) is 152 Å². The number of aromatic amines is 1. The number of aromatic nitrogens is 4. The van der Waals surface area contributed by atoms with Crippen LogP contribution >= 0.6 is 0 Å². The van der Waals surface area contributed by atoms with E-state index < -0.39 is 114 Å². The normalized spacial score (nSPS) is 36.2. The fraction of sp³-hybridized carbons (Fsp3) is 0.734. The molecule has 4 aromatic heterocycles. The number of fused-ring (bicyclic) bond motifs is 3. The van der Waals surface area contributed by atoms with Crippen molar-refractivity contribution in [2.45, 2.75) is 217 Å². The number of carbonyl (C=O) groups excluding carboxylic acids is 2. The van der Waals surface area contributed by atoms with Crippen LogP contribution in [-0.2, 0) is 38.0 Å². The molecule has 1 amide bonds. The Kier molecular flexibility index (Phi) is 22.0. The van der Waals surface area contributed by atoms with Crippen LogP contribution in [0.1, 0.15) is 132 Å². The molecule has 0 aromatic carbocycles. The van der Waals surface area contributed by atoms with Crippen LogP contribution in [0.25, 0.3) is 39.7 Å². The molecule has 6 N–H and O–H groups in total. The van der Waals surface area contributed by atoms with Gasteiger partial charge in [0.1, 0.15) is 52.5 Å². The lowest BCUT2D eigenvalue weighted by molar-refractivity contribution is -0.315. The summed E-state index contributed by atoms with van der Waals surface area (Å²) in [4.78, 5) is 49.1. The molecule has 0 radical (unpaired) electrons. The summed E-state index contributed by atoms with van der Waals surface area (Å²) in [6, 6.07) is 6.50. The highest BCUT2D eigenvalue weighted by atomic mass is 16.7. The van der Waals surface area contributed by atoms with E-state index in [2.05, 4.69) is 32.6 Å². The fourth-order valence-electron chi connectivity index (χ4n) is 14.1. The molecule has 23 heteroatoms. The first-order valence-corrected chi connectivity index (χ1v) is 31.3. The molecule has 0 bridgehead atoms. The second-order valence-corrected chi connectivity index (χ2v) is 26.6. The number of amides is 1. The van der Waals surface area contributed by atoms with E-state index in [1.165, 1.54) is 25.0 Å². The molecule has 4 aromatic rings. The van der Waals surface area contributed by atoms with Crippen LogP contribution in [0.5, 0.6) is 0 Å². The summed E-state index contributed by atoms with van der Waals surface area (Å²) < 4.78 is 47.6. The van der Waals surface area contributed by atoms with Crippen molar-refractivity contribution in [3.8, 4) is 17.7 Å². The van der Waals surface area contributed by atoms with Gasteiger partial charge in [0.05, 0.1) is 65.4 Å². The highest BCUT2D eigenvalue weighted by molar-refractivity contribution is 6.03. The van der Waals surface area contributed by atoms with Crippen molar-refractivity contribution in [3.63, 3.8) is 0 Å². The predicted octanol–water partition coefficient (Wildman–Crippen LogP) is 5.87. The molecular formula is C64H99N9O14. The van der Waals surface area contributed by atoms with Crippen LogP contribution in [0.2, 0.25) is 0 Å². The van der Waals surface area contributed by atoms with E-state index in [-0.39, 0.29) is 36.8 Å². The van der Waals surface area contributed by atoms with Crippen molar-refractivity contribution in [2.24, 2.45) is 17.8 Å². The number of aliphatic hydroxyl groups is 5. The zero-order chi connectivity index (χ0) is 63.6. The maximum Gasteiger partial charge on any atom is 0.311 e. The maximum atomic E-state index is 14.6. The minimum absolute atomic E-state index is 0.0810. The fourth-order valence-corrected chi connectivity index (χ4v) is 14.1. The van der Waals surface area contributed by atoms with Gasteiger partial charge in [-0.2, -0.15) is 5.26 Å². The van der Waals surface area contributed by atoms with Gasteiger partial charge >= 0.3 is 5.97 Å². The van der Waals surface area contributed by atoms with Gasteiger partial charge in [0.2, 0.25) is 0 Å². The number of carbonyl (C=O) groups is 2. The molecule has 0 saturated carbocycles. The summed E-state index contributed by atoms with van der Waals surface area (Å²) in [6.45, 7) is 20.5. The van der Waals surface area contributed by atoms with Crippen molar-refractivity contribution in [1.82, 2.24) is 39.1 Å². The maximum absolute atomic E-state index is 14.6. The van der Waals surface area contributed by atoms with Crippen LogP contribution in [0.3, 0.4) is 0 Å². The zero-order valence-corrected chi connectivity index (χ0v) is 53.9. The van der Waals surface area contributed by atoms with E-state index in [4.69, 9.17) is 37.8 Å². The van der Waals surface area contributed by atoms with E-state index in [1.807, 2.05) is 63.0 Å². The number of rotatable bonds is 16. The van der Waals surface area contributed by atoms with Crippen molar-refractivity contribution in [3.05, 3.63) is 41.9 Å². The van der Waals surface area contributed by atoms with Gasteiger partial charge in [0, 0.05) is 75.7 Å². The number of nitriles is 1. The van der Waals surface area contributed by atoms with Crippen LogP contribution in [0.15, 0.2) is 40.6 Å². The molecule has 23 nitrogen and oxygen atoms in total. The van der Waals surface area contributed by atoms with E-state index >= 15 is 0 Å². The van der Waals surface area contributed by atoms with Gasteiger partial charge < -0.3 is 82.6 Å². The third-order valence-corrected chi connectivity index (χ3v) is 19.4. The molecule has 0 aliphatic carbocycles. The Labute approximate surface area is 512 Å². The molecule has 0 spiro atoms. The number of nitrogens with one attached hydrogen (secondary N) is 1. The van der Waals surface area contributed by atoms with Gasteiger partial charge in [0.15, 0.2) is 24.2 Å². The summed E-state index contributed by atoms with van der Waals surface area (Å²) in [6.07, 6.45) is -1.15. The number of furan rings is 1. The zero-order valence-electron chi connectivity index (χ0n) is 53.9. The lowest BCUT2D eigenvalue weighted by atomic mass is 9.77. The topological polar surface area (TPSA) is 287 Å². The predicted molar refractivity (Wildman–Crippen MR) is 326 cm³/mol. The molecule has 4 aliphatic rings. The number of methoxy groups -OCH3 is 1. The molecule has 4 aliphatic heterocycles. The van der Waals surface area contributed by atoms with Gasteiger partial charge in [-0.15, -0.1) is 0 Å². The highest BCUT2D eigenvalue weighted by Gasteiger charge is 2.53. The Morgan fingerprint density at radius 1 is 0.966 bits per heavy atom. The Hall–Kier alpha value is -4.91. The molecule has 8 rings (SSSR count). The van der Waals surface area contributed by atoms with Gasteiger partial charge in [0.25, 0.3) is 5.91 Å². The average Bonchev–Trinajstić information content (AvgIpc) is 2.44. The first kappa shape index (κ1) is 68.0. The first-order chi connectivity index (χ1) is 41.0. The summed E-state index contributed by atoms with van der Waals surface area (Å²) in [5.74, 6) is -1.83. The number of aliphatic hydroxyl groups excluding tert-OH is 3.